The van der Waals surface area contributed by atoms with Gasteiger partial charge in [0.25, 0.3) is 5.91 Å². The van der Waals surface area contributed by atoms with Crippen LogP contribution >= 0.6 is 11.3 Å². The van der Waals surface area contributed by atoms with E-state index in [1.165, 1.54) is 11.3 Å². The fraction of sp³-hybridized carbons (Fsp3) is 0.647. The van der Waals surface area contributed by atoms with E-state index < -0.39 is 0 Å². The van der Waals surface area contributed by atoms with Gasteiger partial charge in [-0.05, 0) is 25.7 Å². The van der Waals surface area contributed by atoms with Gasteiger partial charge in [0, 0.05) is 43.0 Å². The summed E-state index contributed by atoms with van der Waals surface area (Å²) in [4.78, 5) is 23.3. The molecule has 1 atom stereocenters. The highest BCUT2D eigenvalue weighted by Gasteiger charge is 2.39. The molecule has 0 N–H and O–H groups in total. The van der Waals surface area contributed by atoms with Gasteiger partial charge in [-0.1, -0.05) is 12.1 Å². The van der Waals surface area contributed by atoms with Gasteiger partial charge >= 0.3 is 0 Å². The van der Waals surface area contributed by atoms with E-state index in [0.29, 0.717) is 24.0 Å². The molecule has 0 radical (unpaired) electrons. The van der Waals surface area contributed by atoms with Gasteiger partial charge in [0.2, 0.25) is 5.89 Å². The minimum atomic E-state index is -0.281. The molecule has 8 heteroatoms. The van der Waals surface area contributed by atoms with Crippen molar-refractivity contribution in [3.05, 3.63) is 28.3 Å². The van der Waals surface area contributed by atoms with Gasteiger partial charge in [-0.3, -0.25) is 4.79 Å². The molecule has 0 saturated carbocycles. The maximum atomic E-state index is 12.6. The van der Waals surface area contributed by atoms with Crippen molar-refractivity contribution in [2.45, 2.75) is 43.9 Å². The summed E-state index contributed by atoms with van der Waals surface area (Å²) in [5.41, 5.74) is 1.93. The van der Waals surface area contributed by atoms with Gasteiger partial charge in [-0.25, -0.2) is 4.98 Å². The summed E-state index contributed by atoms with van der Waals surface area (Å²) < 4.78 is 11.0. The van der Waals surface area contributed by atoms with Crippen molar-refractivity contribution < 1.29 is 14.1 Å². The maximum Gasteiger partial charge on any atom is 0.273 e. The third kappa shape index (κ3) is 3.32. The average Bonchev–Trinajstić information content (AvgIpc) is 3.34. The molecular formula is C17H22N4O3S. The first kappa shape index (κ1) is 16.7. The van der Waals surface area contributed by atoms with Gasteiger partial charge in [0.05, 0.1) is 5.51 Å². The van der Waals surface area contributed by atoms with Crippen molar-refractivity contribution in [3.8, 4) is 0 Å². The highest BCUT2D eigenvalue weighted by atomic mass is 32.1. The first-order valence-corrected chi connectivity index (χ1v) is 9.69. The fourth-order valence-electron chi connectivity index (χ4n) is 3.67. The third-order valence-corrected chi connectivity index (χ3v) is 5.77. The van der Waals surface area contributed by atoms with Crippen molar-refractivity contribution in [3.63, 3.8) is 0 Å². The summed E-state index contributed by atoms with van der Waals surface area (Å²) in [7, 11) is 0. The van der Waals surface area contributed by atoms with Crippen LogP contribution in [0.5, 0.6) is 0 Å². The predicted molar refractivity (Wildman–Crippen MR) is 91.7 cm³/mol. The Bertz CT molecular complexity index is 726. The van der Waals surface area contributed by atoms with Crippen LogP contribution in [0.15, 0.2) is 15.4 Å². The SMILES string of the molecule is CC1(c2noc(C3CCOCC3)n2)CCCN(C(=O)c2cscn2)C1. The van der Waals surface area contributed by atoms with Crippen molar-refractivity contribution in [2.24, 2.45) is 0 Å². The number of ether oxygens (including phenoxy) is 1. The molecular weight excluding hydrogens is 340 g/mol. The maximum absolute atomic E-state index is 12.6. The van der Waals surface area contributed by atoms with Crippen molar-refractivity contribution in [1.29, 1.82) is 0 Å². The number of carbonyl (C=O) groups is 1. The van der Waals surface area contributed by atoms with Gasteiger partial charge in [0.15, 0.2) is 5.82 Å². The lowest BCUT2D eigenvalue weighted by Crippen LogP contribution is -2.47. The van der Waals surface area contributed by atoms with Gasteiger partial charge in [-0.15, -0.1) is 11.3 Å². The van der Waals surface area contributed by atoms with Crippen molar-refractivity contribution in [1.82, 2.24) is 20.0 Å². The van der Waals surface area contributed by atoms with Crippen LogP contribution in [-0.4, -0.2) is 52.2 Å². The normalized spacial score (nSPS) is 25.2. The zero-order valence-corrected chi connectivity index (χ0v) is 15.1. The van der Waals surface area contributed by atoms with Gasteiger partial charge in [-0.2, -0.15) is 4.98 Å². The Labute approximate surface area is 150 Å². The molecule has 2 saturated heterocycles. The van der Waals surface area contributed by atoms with E-state index in [-0.39, 0.29) is 17.2 Å². The number of carbonyl (C=O) groups excluding carboxylic acids is 1. The highest BCUT2D eigenvalue weighted by Crippen LogP contribution is 2.34. The van der Waals surface area contributed by atoms with E-state index in [2.05, 4.69) is 17.1 Å². The standard InChI is InChI=1S/C17H22N4O3S/c1-17(16-19-14(24-20-16)12-3-7-23-8-4-12)5-2-6-21(10-17)15(22)13-9-25-11-18-13/h9,11-12H,2-8,10H2,1H3. The second kappa shape index (κ2) is 6.84. The molecule has 7 nitrogen and oxygen atoms in total. The highest BCUT2D eigenvalue weighted by molar-refractivity contribution is 7.07. The Kier molecular flexibility index (Phi) is 4.56. The second-order valence-corrected chi connectivity index (χ2v) is 7.83. The molecule has 2 fully saturated rings. The molecule has 2 aromatic rings. The van der Waals surface area contributed by atoms with Crippen LogP contribution in [0.3, 0.4) is 0 Å². The predicted octanol–water partition coefficient (Wildman–Crippen LogP) is 2.61. The minimum Gasteiger partial charge on any atom is -0.381 e. The first-order chi connectivity index (χ1) is 12.2. The molecule has 4 rings (SSSR count). The summed E-state index contributed by atoms with van der Waals surface area (Å²) in [6.07, 6.45) is 3.72. The number of nitrogens with zero attached hydrogens (tertiary/aromatic N) is 4. The van der Waals surface area contributed by atoms with Gasteiger partial charge < -0.3 is 14.2 Å². The summed E-state index contributed by atoms with van der Waals surface area (Å²) in [6, 6.07) is 0. The zero-order valence-electron chi connectivity index (χ0n) is 14.3. The largest absolute Gasteiger partial charge is 0.381 e. The third-order valence-electron chi connectivity index (χ3n) is 5.19. The Morgan fingerprint density at radius 3 is 3.00 bits per heavy atom. The molecule has 2 aliphatic rings. The lowest BCUT2D eigenvalue weighted by atomic mass is 9.81. The van der Waals surface area contributed by atoms with Crippen molar-refractivity contribution in [2.75, 3.05) is 26.3 Å². The number of aromatic nitrogens is 3. The van der Waals surface area contributed by atoms with E-state index in [1.807, 2.05) is 4.90 Å². The summed E-state index contributed by atoms with van der Waals surface area (Å²) in [5, 5.41) is 6.06. The quantitative estimate of drug-likeness (QED) is 0.835. The number of thiazole rings is 1. The molecule has 1 amide bonds. The van der Waals surface area contributed by atoms with E-state index >= 15 is 0 Å². The molecule has 4 heterocycles. The molecule has 0 spiro atoms. The first-order valence-electron chi connectivity index (χ1n) is 8.75. The molecule has 2 aliphatic heterocycles. The van der Waals surface area contributed by atoms with E-state index in [0.717, 1.165) is 45.4 Å². The topological polar surface area (TPSA) is 81.4 Å². The van der Waals surface area contributed by atoms with Crippen LogP contribution in [0, 0.1) is 0 Å². The smallest absolute Gasteiger partial charge is 0.273 e. The lowest BCUT2D eigenvalue weighted by molar-refractivity contribution is 0.0637. The van der Waals surface area contributed by atoms with E-state index in [1.54, 1.807) is 10.9 Å². The van der Waals surface area contributed by atoms with Crippen LogP contribution in [0.1, 0.15) is 60.7 Å². The number of amides is 1. The number of piperidine rings is 1. The van der Waals surface area contributed by atoms with Crippen LogP contribution < -0.4 is 0 Å². The molecule has 0 aliphatic carbocycles. The van der Waals surface area contributed by atoms with Crippen LogP contribution in [0.25, 0.3) is 0 Å². The van der Waals surface area contributed by atoms with E-state index in [4.69, 9.17) is 14.2 Å². The molecule has 1 unspecified atom stereocenters. The number of hydrogen-bond donors (Lipinski definition) is 0. The molecule has 2 aromatic heterocycles. The molecule has 25 heavy (non-hydrogen) atoms. The molecule has 0 aromatic carbocycles. The summed E-state index contributed by atoms with van der Waals surface area (Å²) in [5.74, 6) is 1.70. The fourth-order valence-corrected chi connectivity index (χ4v) is 4.19. The minimum absolute atomic E-state index is 0.0136. The Balaban J connectivity index is 1.50. The van der Waals surface area contributed by atoms with Gasteiger partial charge in [0.1, 0.15) is 5.69 Å². The Morgan fingerprint density at radius 2 is 2.24 bits per heavy atom. The van der Waals surface area contributed by atoms with Crippen LogP contribution in [0.4, 0.5) is 0 Å². The Hall–Kier alpha value is -1.80. The monoisotopic (exact) mass is 362 g/mol. The van der Waals surface area contributed by atoms with Crippen LogP contribution in [0.2, 0.25) is 0 Å². The summed E-state index contributed by atoms with van der Waals surface area (Å²) in [6.45, 7) is 4.95. The second-order valence-electron chi connectivity index (χ2n) is 7.11. The van der Waals surface area contributed by atoms with E-state index in [9.17, 15) is 4.79 Å². The number of likely N-dealkylation sites (tertiary alicyclic amines) is 1. The Morgan fingerprint density at radius 1 is 1.40 bits per heavy atom. The number of rotatable bonds is 3. The zero-order chi connectivity index (χ0) is 17.3. The number of hydrogen-bond acceptors (Lipinski definition) is 7. The van der Waals surface area contributed by atoms with Crippen molar-refractivity contribution >= 4 is 17.2 Å². The summed E-state index contributed by atoms with van der Waals surface area (Å²) >= 11 is 1.44. The lowest BCUT2D eigenvalue weighted by Gasteiger charge is -2.38. The molecule has 134 valence electrons. The van der Waals surface area contributed by atoms with Crippen LogP contribution in [-0.2, 0) is 10.2 Å². The molecule has 0 bridgehead atoms. The average molecular weight is 362 g/mol.